The molecule has 1 amide bonds. The Balaban J connectivity index is 2.70. The van der Waals surface area contributed by atoms with Gasteiger partial charge in [0.05, 0.1) is 13.2 Å². The van der Waals surface area contributed by atoms with Gasteiger partial charge in [0.1, 0.15) is 0 Å². The molecule has 0 radical (unpaired) electrons. The van der Waals surface area contributed by atoms with Crippen molar-refractivity contribution in [3.05, 3.63) is 30.3 Å². The van der Waals surface area contributed by atoms with Gasteiger partial charge in [0.2, 0.25) is 5.91 Å². The third kappa shape index (κ3) is 3.59. The number of para-hydroxylation sites is 1. The average molecular weight is 208 g/mol. The van der Waals surface area contributed by atoms with Crippen molar-refractivity contribution >= 4 is 11.6 Å². The number of amides is 1. The Bertz CT molecular complexity index is 301. The number of hydrogen-bond donors (Lipinski definition) is 2. The fourth-order valence-corrected chi connectivity index (χ4v) is 1.31. The van der Waals surface area contributed by atoms with Crippen LogP contribution in [0, 0.1) is 0 Å². The molecule has 1 rings (SSSR count). The first-order chi connectivity index (χ1) is 7.27. The van der Waals surface area contributed by atoms with E-state index in [1.165, 1.54) is 0 Å². The molecule has 0 aromatic heterocycles. The first-order valence-corrected chi connectivity index (χ1v) is 4.89. The molecule has 0 heterocycles. The third-order valence-corrected chi connectivity index (χ3v) is 2.10. The van der Waals surface area contributed by atoms with Crippen molar-refractivity contribution in [2.45, 2.75) is 0 Å². The van der Waals surface area contributed by atoms with Crippen LogP contribution >= 0.6 is 0 Å². The van der Waals surface area contributed by atoms with Crippen molar-refractivity contribution in [3.63, 3.8) is 0 Å². The van der Waals surface area contributed by atoms with Crippen molar-refractivity contribution in [2.24, 2.45) is 0 Å². The number of nitrogens with one attached hydrogen (secondary N) is 1. The molecule has 0 aliphatic rings. The van der Waals surface area contributed by atoms with Crippen LogP contribution in [-0.2, 0) is 4.79 Å². The number of rotatable bonds is 5. The Morgan fingerprint density at radius 1 is 1.40 bits per heavy atom. The second-order valence-electron chi connectivity index (χ2n) is 3.15. The molecule has 0 spiro atoms. The molecule has 1 aromatic carbocycles. The van der Waals surface area contributed by atoms with Crippen molar-refractivity contribution in [1.29, 1.82) is 0 Å². The number of anilines is 1. The third-order valence-electron chi connectivity index (χ3n) is 2.10. The van der Waals surface area contributed by atoms with Crippen molar-refractivity contribution in [2.75, 3.05) is 31.6 Å². The first kappa shape index (κ1) is 11.5. The van der Waals surface area contributed by atoms with E-state index in [1.54, 1.807) is 7.05 Å². The lowest BCUT2D eigenvalue weighted by Crippen LogP contribution is -2.37. The van der Waals surface area contributed by atoms with Gasteiger partial charge < -0.3 is 15.3 Å². The number of likely N-dealkylation sites (N-methyl/N-ethyl adjacent to an activating group) is 1. The number of aliphatic hydroxyl groups is 1. The van der Waals surface area contributed by atoms with Crippen molar-refractivity contribution in [3.8, 4) is 0 Å². The molecule has 0 saturated carbocycles. The minimum Gasteiger partial charge on any atom is -0.395 e. The fourth-order valence-electron chi connectivity index (χ4n) is 1.31. The summed E-state index contributed by atoms with van der Waals surface area (Å²) in [6.07, 6.45) is 0. The van der Waals surface area contributed by atoms with Crippen LogP contribution in [0.1, 0.15) is 0 Å². The van der Waals surface area contributed by atoms with Gasteiger partial charge in [0.25, 0.3) is 0 Å². The maximum absolute atomic E-state index is 11.2. The number of nitrogens with zero attached hydrogens (tertiary/aromatic N) is 1. The topological polar surface area (TPSA) is 52.6 Å². The van der Waals surface area contributed by atoms with Gasteiger partial charge in [-0.25, -0.2) is 0 Å². The van der Waals surface area contributed by atoms with E-state index >= 15 is 0 Å². The van der Waals surface area contributed by atoms with Gasteiger partial charge in [-0.05, 0) is 12.1 Å². The van der Waals surface area contributed by atoms with Crippen LogP contribution in [0.25, 0.3) is 0 Å². The van der Waals surface area contributed by atoms with Crippen molar-refractivity contribution in [1.82, 2.24) is 5.32 Å². The summed E-state index contributed by atoms with van der Waals surface area (Å²) in [7, 11) is 1.60. The lowest BCUT2D eigenvalue weighted by Gasteiger charge is -2.22. The molecule has 82 valence electrons. The zero-order valence-corrected chi connectivity index (χ0v) is 8.81. The van der Waals surface area contributed by atoms with E-state index in [0.29, 0.717) is 6.54 Å². The maximum atomic E-state index is 11.2. The predicted octanol–water partition coefficient (Wildman–Crippen LogP) is 0.231. The SMILES string of the molecule is CNC(=O)CN(CCO)c1ccccc1. The quantitative estimate of drug-likeness (QED) is 0.728. The van der Waals surface area contributed by atoms with Crippen LogP contribution in [0.3, 0.4) is 0 Å². The molecule has 4 nitrogen and oxygen atoms in total. The molecule has 0 aliphatic carbocycles. The van der Waals surface area contributed by atoms with E-state index in [2.05, 4.69) is 5.32 Å². The van der Waals surface area contributed by atoms with Crippen LogP contribution in [0.5, 0.6) is 0 Å². The van der Waals surface area contributed by atoms with Gasteiger partial charge in [0.15, 0.2) is 0 Å². The van der Waals surface area contributed by atoms with Crippen LogP contribution < -0.4 is 10.2 Å². The van der Waals surface area contributed by atoms with Crippen LogP contribution in [0.4, 0.5) is 5.69 Å². The second-order valence-corrected chi connectivity index (χ2v) is 3.15. The first-order valence-electron chi connectivity index (χ1n) is 4.89. The normalized spacial score (nSPS) is 9.73. The summed E-state index contributed by atoms with van der Waals surface area (Å²) in [6, 6.07) is 9.56. The summed E-state index contributed by atoms with van der Waals surface area (Å²) in [5.41, 5.74) is 0.940. The predicted molar refractivity (Wildman–Crippen MR) is 59.8 cm³/mol. The molecule has 0 saturated heterocycles. The Kier molecular flexibility index (Phi) is 4.63. The standard InChI is InChI=1S/C11H16N2O2/c1-12-11(15)9-13(7-8-14)10-5-3-2-4-6-10/h2-6,14H,7-9H2,1H3,(H,12,15). The van der Waals surface area contributed by atoms with Crippen LogP contribution in [-0.4, -0.2) is 37.8 Å². The highest BCUT2D eigenvalue weighted by molar-refractivity contribution is 5.81. The number of carbonyl (C=O) groups is 1. The maximum Gasteiger partial charge on any atom is 0.239 e. The van der Waals surface area contributed by atoms with Gasteiger partial charge in [-0.2, -0.15) is 0 Å². The zero-order valence-electron chi connectivity index (χ0n) is 8.81. The molecule has 0 fully saturated rings. The smallest absolute Gasteiger partial charge is 0.239 e. The number of aliphatic hydroxyl groups excluding tert-OH is 1. The molecule has 15 heavy (non-hydrogen) atoms. The molecule has 4 heteroatoms. The number of carbonyl (C=O) groups excluding carboxylic acids is 1. The fraction of sp³-hybridized carbons (Fsp3) is 0.364. The van der Waals surface area contributed by atoms with Crippen molar-refractivity contribution < 1.29 is 9.90 Å². The Labute approximate surface area is 89.5 Å². The number of hydrogen-bond acceptors (Lipinski definition) is 3. The molecule has 0 bridgehead atoms. The molecule has 0 atom stereocenters. The molecule has 0 aliphatic heterocycles. The van der Waals surface area contributed by atoms with E-state index in [-0.39, 0.29) is 19.1 Å². The molecule has 1 aromatic rings. The van der Waals surface area contributed by atoms with E-state index in [1.807, 2.05) is 35.2 Å². The van der Waals surface area contributed by atoms with Crippen LogP contribution in [0.2, 0.25) is 0 Å². The Hall–Kier alpha value is -1.55. The summed E-state index contributed by atoms with van der Waals surface area (Å²) < 4.78 is 0. The summed E-state index contributed by atoms with van der Waals surface area (Å²) in [6.45, 7) is 0.754. The highest BCUT2D eigenvalue weighted by Crippen LogP contribution is 2.11. The molecular formula is C11H16N2O2. The Morgan fingerprint density at radius 2 is 2.07 bits per heavy atom. The van der Waals surface area contributed by atoms with Crippen LogP contribution in [0.15, 0.2) is 30.3 Å². The molecule has 0 unspecified atom stereocenters. The molecule has 2 N–H and O–H groups in total. The van der Waals surface area contributed by atoms with E-state index in [0.717, 1.165) is 5.69 Å². The Morgan fingerprint density at radius 3 is 2.60 bits per heavy atom. The van der Waals surface area contributed by atoms with E-state index < -0.39 is 0 Å². The minimum absolute atomic E-state index is 0.0336. The van der Waals surface area contributed by atoms with Gasteiger partial charge in [-0.1, -0.05) is 18.2 Å². The van der Waals surface area contributed by atoms with Gasteiger partial charge in [-0.3, -0.25) is 4.79 Å². The van der Waals surface area contributed by atoms with Gasteiger partial charge in [0, 0.05) is 19.3 Å². The summed E-state index contributed by atoms with van der Waals surface area (Å²) in [5, 5.41) is 11.5. The monoisotopic (exact) mass is 208 g/mol. The van der Waals surface area contributed by atoms with Gasteiger partial charge in [-0.15, -0.1) is 0 Å². The second kappa shape index (κ2) is 6.03. The van der Waals surface area contributed by atoms with E-state index in [4.69, 9.17) is 5.11 Å². The largest absolute Gasteiger partial charge is 0.395 e. The van der Waals surface area contributed by atoms with Gasteiger partial charge >= 0.3 is 0 Å². The highest BCUT2D eigenvalue weighted by atomic mass is 16.3. The van der Waals surface area contributed by atoms with E-state index in [9.17, 15) is 4.79 Å². The number of benzene rings is 1. The lowest BCUT2D eigenvalue weighted by molar-refractivity contribution is -0.119. The minimum atomic E-state index is -0.0627. The molecular weight excluding hydrogens is 192 g/mol. The summed E-state index contributed by atoms with van der Waals surface area (Å²) in [4.78, 5) is 13.1. The summed E-state index contributed by atoms with van der Waals surface area (Å²) in [5.74, 6) is -0.0627. The average Bonchev–Trinajstić information content (AvgIpc) is 2.29. The highest BCUT2D eigenvalue weighted by Gasteiger charge is 2.08. The lowest BCUT2D eigenvalue weighted by atomic mass is 10.3. The zero-order chi connectivity index (χ0) is 11.1. The summed E-state index contributed by atoms with van der Waals surface area (Å²) >= 11 is 0.